The number of carboxylic acids is 1. The first-order chi connectivity index (χ1) is 5.24. The van der Waals surface area contributed by atoms with E-state index in [0.717, 1.165) is 0 Å². The number of hydrogen-bond acceptors (Lipinski definition) is 4. The Morgan fingerprint density at radius 3 is 3.00 bits per heavy atom. The van der Waals surface area contributed by atoms with Crippen molar-refractivity contribution in [3.05, 3.63) is 11.6 Å². The Labute approximate surface area is 62.4 Å². The molecule has 0 aliphatic carbocycles. The molecule has 11 heavy (non-hydrogen) atoms. The van der Waals surface area contributed by atoms with E-state index in [1.54, 1.807) is 0 Å². The second-order valence-electron chi connectivity index (χ2n) is 1.97. The Balaban J connectivity index is 2.89. The van der Waals surface area contributed by atoms with Crippen LogP contribution in [-0.4, -0.2) is 34.8 Å². The van der Waals surface area contributed by atoms with Gasteiger partial charge in [-0.2, -0.15) is 0 Å². The topological polar surface area (TPSA) is 82.2 Å². The van der Waals surface area contributed by atoms with Crippen molar-refractivity contribution in [2.24, 2.45) is 10.1 Å². The lowest BCUT2D eigenvalue weighted by Gasteiger charge is -2.01. The molecule has 0 spiro atoms. The molecule has 1 heterocycles. The fraction of sp³-hybridized carbons (Fsp3) is 0.167. The Hall–Kier alpha value is -1.65. The Kier molecular flexibility index (Phi) is 2.00. The molecule has 58 valence electrons. The fourth-order valence-electron chi connectivity index (χ4n) is 0.677. The molecule has 0 saturated carbocycles. The van der Waals surface area contributed by atoms with Gasteiger partial charge in [0.05, 0.1) is 12.1 Å². The highest BCUT2D eigenvalue weighted by atomic mass is 16.4. The SMILES string of the molecule is O=C(O)C1=CC(=NO)CN=C1. The van der Waals surface area contributed by atoms with Crippen molar-refractivity contribution in [2.45, 2.75) is 0 Å². The summed E-state index contributed by atoms with van der Waals surface area (Å²) < 4.78 is 0. The van der Waals surface area contributed by atoms with Gasteiger partial charge in [0, 0.05) is 6.21 Å². The van der Waals surface area contributed by atoms with Crippen LogP contribution in [-0.2, 0) is 4.79 Å². The standard InChI is InChI=1S/C6H6N2O3/c9-6(10)4-1-5(8-11)3-7-2-4/h1-2,11H,3H2,(H,9,10). The second-order valence-corrected chi connectivity index (χ2v) is 1.97. The molecule has 1 aliphatic heterocycles. The maximum absolute atomic E-state index is 10.3. The van der Waals surface area contributed by atoms with Crippen LogP contribution in [0, 0.1) is 0 Å². The van der Waals surface area contributed by atoms with Crippen LogP contribution >= 0.6 is 0 Å². The van der Waals surface area contributed by atoms with Gasteiger partial charge in [-0.25, -0.2) is 4.79 Å². The van der Waals surface area contributed by atoms with Crippen LogP contribution in [0.4, 0.5) is 0 Å². The predicted octanol–water partition coefficient (Wildman–Crippen LogP) is -0.0880. The molecule has 0 fully saturated rings. The number of aliphatic carboxylic acids is 1. The van der Waals surface area contributed by atoms with Gasteiger partial charge in [-0.3, -0.25) is 4.99 Å². The van der Waals surface area contributed by atoms with E-state index < -0.39 is 5.97 Å². The molecule has 5 nitrogen and oxygen atoms in total. The number of hydrogen-bond donors (Lipinski definition) is 2. The van der Waals surface area contributed by atoms with Crippen LogP contribution in [0.25, 0.3) is 0 Å². The zero-order valence-corrected chi connectivity index (χ0v) is 5.56. The predicted molar refractivity (Wildman–Crippen MR) is 38.3 cm³/mol. The minimum Gasteiger partial charge on any atom is -0.478 e. The molecule has 0 radical (unpaired) electrons. The third-order valence-electron chi connectivity index (χ3n) is 1.18. The van der Waals surface area contributed by atoms with Gasteiger partial charge >= 0.3 is 5.97 Å². The van der Waals surface area contributed by atoms with Crippen LogP contribution in [0.5, 0.6) is 0 Å². The molecule has 2 N–H and O–H groups in total. The molecular weight excluding hydrogens is 148 g/mol. The van der Waals surface area contributed by atoms with Crippen molar-refractivity contribution in [3.8, 4) is 0 Å². The minimum atomic E-state index is -1.07. The molecular formula is C6H6N2O3. The van der Waals surface area contributed by atoms with Gasteiger partial charge < -0.3 is 10.3 Å². The summed E-state index contributed by atoms with van der Waals surface area (Å²) in [6, 6.07) is 0. The van der Waals surface area contributed by atoms with Crippen LogP contribution in [0.1, 0.15) is 0 Å². The van der Waals surface area contributed by atoms with E-state index in [1.807, 2.05) is 0 Å². The summed E-state index contributed by atoms with van der Waals surface area (Å²) >= 11 is 0. The first-order valence-corrected chi connectivity index (χ1v) is 2.90. The highest BCUT2D eigenvalue weighted by Crippen LogP contribution is 1.98. The van der Waals surface area contributed by atoms with Gasteiger partial charge in [0.15, 0.2) is 0 Å². The molecule has 0 bridgehead atoms. The molecule has 0 aromatic rings. The van der Waals surface area contributed by atoms with Crippen LogP contribution in [0.15, 0.2) is 21.8 Å². The van der Waals surface area contributed by atoms with Crippen molar-refractivity contribution in [2.75, 3.05) is 6.54 Å². The molecule has 5 heteroatoms. The smallest absolute Gasteiger partial charge is 0.337 e. The van der Waals surface area contributed by atoms with E-state index in [-0.39, 0.29) is 17.8 Å². The van der Waals surface area contributed by atoms with E-state index in [4.69, 9.17) is 10.3 Å². The lowest BCUT2D eigenvalue weighted by Crippen LogP contribution is -2.12. The molecule has 0 aromatic heterocycles. The highest BCUT2D eigenvalue weighted by Gasteiger charge is 2.09. The second kappa shape index (κ2) is 2.96. The zero-order valence-electron chi connectivity index (χ0n) is 5.56. The van der Waals surface area contributed by atoms with E-state index in [9.17, 15) is 4.79 Å². The third-order valence-corrected chi connectivity index (χ3v) is 1.18. The number of oxime groups is 1. The summed E-state index contributed by atoms with van der Waals surface area (Å²) in [5.41, 5.74) is 0.286. The van der Waals surface area contributed by atoms with Gasteiger partial charge in [0.2, 0.25) is 0 Å². The monoisotopic (exact) mass is 154 g/mol. The first kappa shape index (κ1) is 7.46. The zero-order chi connectivity index (χ0) is 8.27. The van der Waals surface area contributed by atoms with Crippen molar-refractivity contribution < 1.29 is 15.1 Å². The van der Waals surface area contributed by atoms with Crippen molar-refractivity contribution in [1.29, 1.82) is 0 Å². The summed E-state index contributed by atoms with van der Waals surface area (Å²) in [4.78, 5) is 14.0. The fourth-order valence-corrected chi connectivity index (χ4v) is 0.677. The lowest BCUT2D eigenvalue weighted by atomic mass is 10.2. The molecule has 0 aromatic carbocycles. The van der Waals surface area contributed by atoms with E-state index in [2.05, 4.69) is 10.1 Å². The first-order valence-electron chi connectivity index (χ1n) is 2.90. The minimum absolute atomic E-state index is 0.0315. The summed E-state index contributed by atoms with van der Waals surface area (Å²) in [6.45, 7) is 0.229. The summed E-state index contributed by atoms with van der Waals surface area (Å²) in [6.07, 6.45) is 2.51. The van der Waals surface area contributed by atoms with Crippen molar-refractivity contribution >= 4 is 17.9 Å². The molecule has 1 rings (SSSR count). The number of aliphatic imine (C=N–C) groups is 1. The van der Waals surface area contributed by atoms with Gasteiger partial charge in [-0.05, 0) is 6.08 Å². The van der Waals surface area contributed by atoms with Crippen molar-refractivity contribution in [1.82, 2.24) is 0 Å². The van der Waals surface area contributed by atoms with Gasteiger partial charge in [-0.1, -0.05) is 5.16 Å². The number of dihydropyridines is 1. The normalized spacial score (nSPS) is 20.0. The van der Waals surface area contributed by atoms with E-state index in [0.29, 0.717) is 0 Å². The molecule has 0 unspecified atom stereocenters. The number of rotatable bonds is 1. The molecule has 0 atom stereocenters. The van der Waals surface area contributed by atoms with Crippen molar-refractivity contribution in [3.63, 3.8) is 0 Å². The average Bonchev–Trinajstić information content (AvgIpc) is 2.05. The van der Waals surface area contributed by atoms with Gasteiger partial charge in [-0.15, -0.1) is 0 Å². The van der Waals surface area contributed by atoms with E-state index in [1.165, 1.54) is 12.3 Å². The maximum Gasteiger partial charge on any atom is 0.337 e. The Morgan fingerprint density at radius 2 is 2.45 bits per heavy atom. The molecule has 1 aliphatic rings. The van der Waals surface area contributed by atoms with Crippen LogP contribution in [0.2, 0.25) is 0 Å². The van der Waals surface area contributed by atoms with Crippen LogP contribution < -0.4 is 0 Å². The number of nitrogens with zero attached hydrogens (tertiary/aromatic N) is 2. The molecule has 0 saturated heterocycles. The number of carbonyl (C=O) groups is 1. The molecule has 0 amide bonds. The van der Waals surface area contributed by atoms with Gasteiger partial charge in [0.1, 0.15) is 5.71 Å². The average molecular weight is 154 g/mol. The Bertz CT molecular complexity index is 265. The summed E-state index contributed by atoms with van der Waals surface area (Å²) in [5, 5.41) is 19.6. The maximum atomic E-state index is 10.3. The Morgan fingerprint density at radius 1 is 1.73 bits per heavy atom. The van der Waals surface area contributed by atoms with E-state index >= 15 is 0 Å². The summed E-state index contributed by atoms with van der Waals surface area (Å²) in [7, 11) is 0. The quantitative estimate of drug-likeness (QED) is 0.409. The lowest BCUT2D eigenvalue weighted by molar-refractivity contribution is -0.132. The van der Waals surface area contributed by atoms with Gasteiger partial charge in [0.25, 0.3) is 0 Å². The largest absolute Gasteiger partial charge is 0.478 e. The summed E-state index contributed by atoms with van der Waals surface area (Å²) in [5.74, 6) is -1.07. The highest BCUT2D eigenvalue weighted by molar-refractivity contribution is 6.17. The third kappa shape index (κ3) is 1.64. The number of carboxylic acid groups (broad SMARTS) is 1. The van der Waals surface area contributed by atoms with Crippen LogP contribution in [0.3, 0.4) is 0 Å².